The van der Waals surface area contributed by atoms with Crippen molar-refractivity contribution >= 4 is 48.0 Å². The molecule has 1 aliphatic carbocycles. The number of aryl methyl sites for hydroxylation is 1. The number of halogens is 1. The molecule has 1 aromatic heterocycles. The van der Waals surface area contributed by atoms with E-state index in [1.54, 1.807) is 11.8 Å². The van der Waals surface area contributed by atoms with Crippen molar-refractivity contribution in [2.24, 2.45) is 5.92 Å². The van der Waals surface area contributed by atoms with E-state index in [0.717, 1.165) is 11.3 Å². The smallest absolute Gasteiger partial charge is 0.262 e. The van der Waals surface area contributed by atoms with Crippen molar-refractivity contribution in [3.8, 4) is 10.4 Å². The van der Waals surface area contributed by atoms with Gasteiger partial charge in [-0.05, 0) is 42.5 Å². The molecule has 0 unspecified atom stereocenters. The summed E-state index contributed by atoms with van der Waals surface area (Å²) in [5, 5.41) is 3.08. The highest BCUT2D eigenvalue weighted by Crippen LogP contribution is 2.40. The van der Waals surface area contributed by atoms with Gasteiger partial charge >= 0.3 is 0 Å². The summed E-state index contributed by atoms with van der Waals surface area (Å²) < 4.78 is 24.5. The minimum Gasteiger partial charge on any atom is -0.334 e. The quantitative estimate of drug-likeness (QED) is 0.671. The summed E-state index contributed by atoms with van der Waals surface area (Å²) in [6, 6.07) is 3.26. The van der Waals surface area contributed by atoms with Crippen molar-refractivity contribution in [3.63, 3.8) is 0 Å². The highest BCUT2D eigenvalue weighted by atomic mass is 35.7. The number of rotatable bonds is 6. The van der Waals surface area contributed by atoms with Crippen molar-refractivity contribution in [1.82, 2.24) is 9.88 Å². The zero-order chi connectivity index (χ0) is 20.9. The maximum atomic E-state index is 12.9. The number of benzene rings is 1. The van der Waals surface area contributed by atoms with Gasteiger partial charge in [0.1, 0.15) is 0 Å². The predicted octanol–water partition coefficient (Wildman–Crippen LogP) is 3.76. The first kappa shape index (κ1) is 20.3. The van der Waals surface area contributed by atoms with E-state index in [9.17, 15) is 18.0 Å². The minimum absolute atomic E-state index is 0.167. The summed E-state index contributed by atoms with van der Waals surface area (Å²) in [4.78, 5) is 30.8. The normalized spacial score (nSPS) is 16.2. The van der Waals surface area contributed by atoms with Crippen molar-refractivity contribution in [2.75, 3.05) is 11.9 Å². The number of hydrogen-bond donors (Lipinski definition) is 1. The van der Waals surface area contributed by atoms with E-state index in [1.165, 1.54) is 37.2 Å². The second-order valence-electron chi connectivity index (χ2n) is 7.52. The number of aromatic nitrogens is 1. The molecule has 7 nitrogen and oxygen atoms in total. The average Bonchev–Trinajstić information content (AvgIpc) is 3.30. The third-order valence-electron chi connectivity index (χ3n) is 5.15. The van der Waals surface area contributed by atoms with Gasteiger partial charge in [-0.1, -0.05) is 24.2 Å². The fraction of sp³-hybridized carbons (Fsp3) is 0.421. The maximum Gasteiger partial charge on any atom is 0.262 e. The Labute approximate surface area is 177 Å². The third kappa shape index (κ3) is 4.17. The highest BCUT2D eigenvalue weighted by molar-refractivity contribution is 8.13. The van der Waals surface area contributed by atoms with E-state index in [4.69, 9.17) is 10.7 Å². The maximum absolute atomic E-state index is 12.9. The number of amides is 2. The van der Waals surface area contributed by atoms with Crippen molar-refractivity contribution in [2.45, 2.75) is 44.6 Å². The largest absolute Gasteiger partial charge is 0.334 e. The molecule has 1 N–H and O–H groups in total. The Balaban J connectivity index is 1.75. The van der Waals surface area contributed by atoms with E-state index in [1.807, 2.05) is 6.07 Å². The lowest BCUT2D eigenvalue weighted by atomic mass is 10.0. The fourth-order valence-electron chi connectivity index (χ4n) is 3.59. The van der Waals surface area contributed by atoms with Crippen molar-refractivity contribution in [1.29, 1.82) is 0 Å². The number of nitrogens with zero attached hydrogens (tertiary/aromatic N) is 2. The molecule has 2 aliphatic rings. The molecule has 0 spiro atoms. The first-order valence-corrected chi connectivity index (χ1v) is 12.4. The van der Waals surface area contributed by atoms with Gasteiger partial charge in [-0.15, -0.1) is 0 Å². The number of thiazole rings is 1. The van der Waals surface area contributed by atoms with Crippen LogP contribution in [0.5, 0.6) is 0 Å². The van der Waals surface area contributed by atoms with Gasteiger partial charge in [0.05, 0.1) is 21.0 Å². The van der Waals surface area contributed by atoms with Crippen LogP contribution in [-0.2, 0) is 20.4 Å². The molecule has 2 heterocycles. The Morgan fingerprint density at radius 1 is 1.38 bits per heavy atom. The van der Waals surface area contributed by atoms with Crippen LogP contribution in [0.3, 0.4) is 0 Å². The number of hydrogen-bond acceptors (Lipinski definition) is 6. The molecule has 2 aromatic rings. The Kier molecular flexibility index (Phi) is 5.16. The monoisotopic (exact) mass is 453 g/mol. The molecule has 0 bridgehead atoms. The second kappa shape index (κ2) is 7.37. The minimum atomic E-state index is -4.12. The SMILES string of the molecule is CC(=O)Nc1nc(C)c(-c2cc3c(c(S(=O)(=O)Cl)c2)C(=O)N(CCC2CC2)C3)s1. The fourth-order valence-corrected chi connectivity index (χ4v) is 5.69. The molecular formula is C19H20ClN3O4S2. The first-order valence-electron chi connectivity index (χ1n) is 9.29. The van der Waals surface area contributed by atoms with Crippen LogP contribution in [0.2, 0.25) is 0 Å². The molecule has 0 radical (unpaired) electrons. The van der Waals surface area contributed by atoms with Crippen LogP contribution in [0.15, 0.2) is 17.0 Å². The molecule has 154 valence electrons. The number of nitrogens with one attached hydrogen (secondary N) is 1. The van der Waals surface area contributed by atoms with E-state index < -0.39 is 9.05 Å². The van der Waals surface area contributed by atoms with E-state index in [-0.39, 0.29) is 22.3 Å². The molecule has 1 aromatic carbocycles. The molecule has 29 heavy (non-hydrogen) atoms. The molecule has 10 heteroatoms. The predicted molar refractivity (Wildman–Crippen MR) is 112 cm³/mol. The van der Waals surface area contributed by atoms with Gasteiger partial charge in [0.25, 0.3) is 15.0 Å². The highest BCUT2D eigenvalue weighted by Gasteiger charge is 2.35. The van der Waals surface area contributed by atoms with Gasteiger partial charge in [0.2, 0.25) is 5.91 Å². The van der Waals surface area contributed by atoms with Gasteiger partial charge in [-0.3, -0.25) is 9.59 Å². The molecular weight excluding hydrogens is 434 g/mol. The molecule has 1 aliphatic heterocycles. The van der Waals surface area contributed by atoms with Gasteiger partial charge in [0, 0.05) is 30.7 Å². The van der Waals surface area contributed by atoms with Crippen LogP contribution < -0.4 is 5.32 Å². The van der Waals surface area contributed by atoms with Crippen LogP contribution in [0.4, 0.5) is 5.13 Å². The average molecular weight is 454 g/mol. The van der Waals surface area contributed by atoms with Crippen LogP contribution in [0.1, 0.15) is 47.8 Å². The van der Waals surface area contributed by atoms with Gasteiger partial charge in [-0.2, -0.15) is 0 Å². The van der Waals surface area contributed by atoms with Crippen molar-refractivity contribution < 1.29 is 18.0 Å². The molecule has 0 saturated heterocycles. The lowest BCUT2D eigenvalue weighted by Gasteiger charge is -2.15. The molecule has 1 fully saturated rings. The first-order chi connectivity index (χ1) is 13.6. The summed E-state index contributed by atoms with van der Waals surface area (Å²) in [6.07, 6.45) is 3.33. The molecule has 4 rings (SSSR count). The number of carbonyl (C=O) groups excluding carboxylic acids is 2. The molecule has 1 saturated carbocycles. The third-order valence-corrected chi connectivity index (χ3v) is 7.62. The lowest BCUT2D eigenvalue weighted by molar-refractivity contribution is -0.114. The standard InChI is InChI=1S/C19H20ClN3O4S2/c1-10-17(28-19(21-10)22-11(2)24)13-7-14-9-23(6-5-12-3-4-12)18(25)16(14)15(8-13)29(20,26)27/h7-8,12H,3-6,9H2,1-2H3,(H,21,22,24). The Bertz CT molecular complexity index is 1120. The number of anilines is 1. The van der Waals surface area contributed by atoms with Gasteiger partial charge < -0.3 is 10.2 Å². The summed E-state index contributed by atoms with van der Waals surface area (Å²) in [5.41, 5.74) is 2.10. The van der Waals surface area contributed by atoms with E-state index in [0.29, 0.717) is 41.0 Å². The van der Waals surface area contributed by atoms with E-state index in [2.05, 4.69) is 10.3 Å². The summed E-state index contributed by atoms with van der Waals surface area (Å²) in [6.45, 7) is 4.16. The van der Waals surface area contributed by atoms with Crippen LogP contribution in [0.25, 0.3) is 10.4 Å². The Morgan fingerprint density at radius 2 is 2.10 bits per heavy atom. The second-order valence-corrected chi connectivity index (χ2v) is 11.1. The molecule has 0 atom stereocenters. The molecule has 2 amide bonds. The van der Waals surface area contributed by atoms with Crippen LogP contribution in [0, 0.1) is 12.8 Å². The lowest BCUT2D eigenvalue weighted by Crippen LogP contribution is -2.25. The summed E-state index contributed by atoms with van der Waals surface area (Å²) >= 11 is 1.25. The number of fused-ring (bicyclic) bond motifs is 1. The Hall–Kier alpha value is -1.97. The van der Waals surface area contributed by atoms with Gasteiger partial charge in [0.15, 0.2) is 5.13 Å². The van der Waals surface area contributed by atoms with Crippen molar-refractivity contribution in [3.05, 3.63) is 29.0 Å². The summed E-state index contributed by atoms with van der Waals surface area (Å²) in [7, 11) is 1.58. The zero-order valence-corrected chi connectivity index (χ0v) is 18.4. The van der Waals surface area contributed by atoms with E-state index >= 15 is 0 Å². The Morgan fingerprint density at radius 3 is 2.72 bits per heavy atom. The summed E-state index contributed by atoms with van der Waals surface area (Å²) in [5.74, 6) is 0.150. The zero-order valence-electron chi connectivity index (χ0n) is 16.0. The topological polar surface area (TPSA) is 96.4 Å². The van der Waals surface area contributed by atoms with Gasteiger partial charge in [-0.25, -0.2) is 13.4 Å². The number of carbonyl (C=O) groups is 2. The van der Waals surface area contributed by atoms with Crippen LogP contribution in [-0.4, -0.2) is 36.7 Å². The van der Waals surface area contributed by atoms with Crippen LogP contribution >= 0.6 is 22.0 Å².